The molecule has 1 heterocycles. The molecule has 32 heavy (non-hydrogen) atoms. The number of rotatable bonds is 6. The maximum atomic E-state index is 13.5. The summed E-state index contributed by atoms with van der Waals surface area (Å²) in [5.41, 5.74) is 3.71. The zero-order valence-electron chi connectivity index (χ0n) is 18.4. The highest BCUT2D eigenvalue weighted by Crippen LogP contribution is 2.39. The second kappa shape index (κ2) is 9.30. The van der Waals surface area contributed by atoms with Gasteiger partial charge in [-0.1, -0.05) is 17.7 Å². The number of carbonyl (C=O) groups excluding carboxylic acids is 1. The molecule has 0 aromatic heterocycles. The number of ether oxygens (including phenoxy) is 3. The molecule has 0 unspecified atom stereocenters. The Labute approximate surface area is 187 Å². The molecule has 0 saturated carbocycles. The lowest BCUT2D eigenvalue weighted by molar-refractivity contribution is 0.0589. The molecule has 1 aliphatic rings. The van der Waals surface area contributed by atoms with E-state index in [1.165, 1.54) is 12.1 Å². The number of hydrogen-bond acceptors (Lipinski definition) is 4. The van der Waals surface area contributed by atoms with Crippen LogP contribution in [0.3, 0.4) is 0 Å². The molecule has 3 aromatic rings. The minimum Gasteiger partial charge on any atom is -0.493 e. The van der Waals surface area contributed by atoms with Crippen LogP contribution in [0.15, 0.2) is 60.7 Å². The summed E-state index contributed by atoms with van der Waals surface area (Å²) in [6.07, 6.45) is 0.695. The SMILES string of the molecule is COc1cc2c(cc1OC)[C@@H](COc1ccc(F)cc1)N(C(=O)c1cccc(C)c1)CC2. The van der Waals surface area contributed by atoms with Gasteiger partial charge in [0.15, 0.2) is 11.5 Å². The first-order valence-electron chi connectivity index (χ1n) is 10.5. The van der Waals surface area contributed by atoms with Crippen molar-refractivity contribution in [2.45, 2.75) is 19.4 Å². The molecule has 4 rings (SSSR count). The Morgan fingerprint density at radius 2 is 1.75 bits per heavy atom. The topological polar surface area (TPSA) is 48.0 Å². The van der Waals surface area contributed by atoms with E-state index in [2.05, 4.69) is 0 Å². The van der Waals surface area contributed by atoms with Crippen LogP contribution in [0.5, 0.6) is 17.2 Å². The highest BCUT2D eigenvalue weighted by molar-refractivity contribution is 5.95. The molecule has 6 heteroatoms. The monoisotopic (exact) mass is 435 g/mol. The van der Waals surface area contributed by atoms with E-state index in [1.54, 1.807) is 26.4 Å². The van der Waals surface area contributed by atoms with Crippen LogP contribution in [0.2, 0.25) is 0 Å². The lowest BCUT2D eigenvalue weighted by Crippen LogP contribution is -2.42. The third-order valence-electron chi connectivity index (χ3n) is 5.75. The third kappa shape index (κ3) is 4.40. The van der Waals surface area contributed by atoms with E-state index in [0.29, 0.717) is 35.8 Å². The Balaban J connectivity index is 1.70. The van der Waals surface area contributed by atoms with Crippen molar-refractivity contribution in [3.8, 4) is 17.2 Å². The lowest BCUT2D eigenvalue weighted by Gasteiger charge is -2.37. The van der Waals surface area contributed by atoms with Gasteiger partial charge >= 0.3 is 0 Å². The molecule has 0 spiro atoms. The maximum Gasteiger partial charge on any atom is 0.254 e. The zero-order valence-corrected chi connectivity index (χ0v) is 18.4. The largest absolute Gasteiger partial charge is 0.493 e. The molecule has 1 amide bonds. The smallest absolute Gasteiger partial charge is 0.254 e. The van der Waals surface area contributed by atoms with E-state index in [1.807, 2.05) is 48.2 Å². The van der Waals surface area contributed by atoms with Gasteiger partial charge in [0.1, 0.15) is 18.2 Å². The molecule has 0 saturated heterocycles. The summed E-state index contributed by atoms with van der Waals surface area (Å²) in [5, 5.41) is 0. The van der Waals surface area contributed by atoms with Gasteiger partial charge in [-0.05, 0) is 73.0 Å². The average Bonchev–Trinajstić information content (AvgIpc) is 2.82. The minimum atomic E-state index is -0.336. The van der Waals surface area contributed by atoms with Gasteiger partial charge in [-0.25, -0.2) is 4.39 Å². The minimum absolute atomic E-state index is 0.0539. The Morgan fingerprint density at radius 1 is 1.03 bits per heavy atom. The highest BCUT2D eigenvalue weighted by atomic mass is 19.1. The lowest BCUT2D eigenvalue weighted by atomic mass is 9.91. The van der Waals surface area contributed by atoms with Gasteiger partial charge in [0.05, 0.1) is 20.3 Å². The van der Waals surface area contributed by atoms with Gasteiger partial charge in [-0.15, -0.1) is 0 Å². The predicted molar refractivity (Wildman–Crippen MR) is 120 cm³/mol. The summed E-state index contributed by atoms with van der Waals surface area (Å²) in [5.74, 6) is 1.42. The number of carbonyl (C=O) groups is 1. The van der Waals surface area contributed by atoms with Crippen LogP contribution >= 0.6 is 0 Å². The number of amides is 1. The standard InChI is InChI=1S/C26H26FNO4/c1-17-5-4-6-19(13-17)26(29)28-12-11-18-14-24(30-2)25(31-3)15-22(18)23(28)16-32-21-9-7-20(27)8-10-21/h4-10,13-15,23H,11-12,16H2,1-3H3/t23-/m1/s1. The number of halogens is 1. The van der Waals surface area contributed by atoms with Crippen molar-refractivity contribution in [2.75, 3.05) is 27.4 Å². The summed E-state index contributed by atoms with van der Waals surface area (Å²) in [6, 6.07) is 17.0. The Kier molecular flexibility index (Phi) is 6.30. The van der Waals surface area contributed by atoms with E-state index in [9.17, 15) is 9.18 Å². The zero-order chi connectivity index (χ0) is 22.7. The van der Waals surface area contributed by atoms with Gasteiger partial charge in [0.2, 0.25) is 0 Å². The van der Waals surface area contributed by atoms with Gasteiger partial charge in [-0.2, -0.15) is 0 Å². The van der Waals surface area contributed by atoms with Gasteiger partial charge in [-0.3, -0.25) is 4.79 Å². The molecule has 3 aromatic carbocycles. The quantitative estimate of drug-likeness (QED) is 0.549. The summed E-state index contributed by atoms with van der Waals surface area (Å²) < 4.78 is 30.3. The second-order valence-corrected chi connectivity index (χ2v) is 7.80. The van der Waals surface area contributed by atoms with Crippen molar-refractivity contribution < 1.29 is 23.4 Å². The predicted octanol–water partition coefficient (Wildman–Crippen LogP) is 4.97. The van der Waals surface area contributed by atoms with Crippen LogP contribution in [-0.4, -0.2) is 38.2 Å². The van der Waals surface area contributed by atoms with Crippen molar-refractivity contribution in [2.24, 2.45) is 0 Å². The Hall–Kier alpha value is -3.54. The van der Waals surface area contributed by atoms with Crippen molar-refractivity contribution in [1.82, 2.24) is 4.90 Å². The Bertz CT molecular complexity index is 1110. The fourth-order valence-electron chi connectivity index (χ4n) is 4.10. The summed E-state index contributed by atoms with van der Waals surface area (Å²) in [4.78, 5) is 15.3. The van der Waals surface area contributed by atoms with E-state index in [4.69, 9.17) is 14.2 Å². The maximum absolute atomic E-state index is 13.5. The second-order valence-electron chi connectivity index (χ2n) is 7.80. The molecular weight excluding hydrogens is 409 g/mol. The van der Waals surface area contributed by atoms with Crippen LogP contribution in [-0.2, 0) is 6.42 Å². The van der Waals surface area contributed by atoms with Crippen LogP contribution in [0.25, 0.3) is 0 Å². The van der Waals surface area contributed by atoms with Crippen molar-refractivity contribution in [1.29, 1.82) is 0 Å². The highest BCUT2D eigenvalue weighted by Gasteiger charge is 2.33. The van der Waals surface area contributed by atoms with Gasteiger partial charge in [0, 0.05) is 12.1 Å². The molecule has 5 nitrogen and oxygen atoms in total. The molecule has 0 fully saturated rings. The van der Waals surface area contributed by atoms with Crippen molar-refractivity contribution in [3.05, 3.63) is 88.7 Å². The third-order valence-corrected chi connectivity index (χ3v) is 5.75. The first-order valence-corrected chi connectivity index (χ1v) is 10.5. The average molecular weight is 435 g/mol. The van der Waals surface area contributed by atoms with Crippen LogP contribution in [0.1, 0.15) is 33.1 Å². The van der Waals surface area contributed by atoms with Crippen molar-refractivity contribution in [3.63, 3.8) is 0 Å². The van der Waals surface area contributed by atoms with Crippen LogP contribution < -0.4 is 14.2 Å². The number of nitrogens with zero attached hydrogens (tertiary/aromatic N) is 1. The first-order chi connectivity index (χ1) is 15.5. The van der Waals surface area contributed by atoms with Crippen LogP contribution in [0, 0.1) is 12.7 Å². The molecule has 0 N–H and O–H groups in total. The molecular formula is C26H26FNO4. The number of fused-ring (bicyclic) bond motifs is 1. The molecule has 0 radical (unpaired) electrons. The van der Waals surface area contributed by atoms with E-state index in [0.717, 1.165) is 16.7 Å². The number of hydrogen-bond donors (Lipinski definition) is 0. The fraction of sp³-hybridized carbons (Fsp3) is 0.269. The molecule has 166 valence electrons. The van der Waals surface area contributed by atoms with E-state index < -0.39 is 0 Å². The van der Waals surface area contributed by atoms with Gasteiger partial charge in [0.25, 0.3) is 5.91 Å². The molecule has 0 bridgehead atoms. The molecule has 0 aliphatic carbocycles. The summed E-state index contributed by atoms with van der Waals surface area (Å²) in [6.45, 7) is 2.74. The Morgan fingerprint density at radius 3 is 2.44 bits per heavy atom. The normalized spacial score (nSPS) is 15.1. The molecule has 1 aliphatic heterocycles. The number of aryl methyl sites for hydroxylation is 1. The number of benzene rings is 3. The fourth-order valence-corrected chi connectivity index (χ4v) is 4.10. The van der Waals surface area contributed by atoms with Crippen molar-refractivity contribution >= 4 is 5.91 Å². The summed E-state index contributed by atoms with van der Waals surface area (Å²) in [7, 11) is 3.20. The van der Waals surface area contributed by atoms with E-state index >= 15 is 0 Å². The van der Waals surface area contributed by atoms with Crippen LogP contribution in [0.4, 0.5) is 4.39 Å². The van der Waals surface area contributed by atoms with Gasteiger partial charge < -0.3 is 19.1 Å². The van der Waals surface area contributed by atoms with E-state index in [-0.39, 0.29) is 24.4 Å². The molecule has 1 atom stereocenters. The summed E-state index contributed by atoms with van der Waals surface area (Å²) >= 11 is 0. The first kappa shape index (κ1) is 21.7. The number of methoxy groups -OCH3 is 2.